The van der Waals surface area contributed by atoms with Gasteiger partial charge in [0.05, 0.1) is 18.3 Å². The molecular formula is C11H20O2. The minimum atomic E-state index is -0.687. The Morgan fingerprint density at radius 1 is 1.62 bits per heavy atom. The van der Waals surface area contributed by atoms with Gasteiger partial charge >= 0.3 is 0 Å². The van der Waals surface area contributed by atoms with Crippen molar-refractivity contribution in [2.24, 2.45) is 5.92 Å². The second-order valence-electron chi connectivity index (χ2n) is 4.42. The zero-order valence-corrected chi connectivity index (χ0v) is 8.84. The van der Waals surface area contributed by atoms with E-state index in [1.54, 1.807) is 0 Å². The van der Waals surface area contributed by atoms with Crippen molar-refractivity contribution in [3.63, 3.8) is 0 Å². The van der Waals surface area contributed by atoms with E-state index in [2.05, 4.69) is 20.4 Å². The largest absolute Gasteiger partial charge is 0.385 e. The number of hydrogen-bond acceptors (Lipinski definition) is 2. The van der Waals surface area contributed by atoms with Crippen molar-refractivity contribution in [3.8, 4) is 0 Å². The molecule has 0 radical (unpaired) electrons. The van der Waals surface area contributed by atoms with Gasteiger partial charge in [-0.3, -0.25) is 0 Å². The zero-order valence-electron chi connectivity index (χ0n) is 8.84. The van der Waals surface area contributed by atoms with Gasteiger partial charge in [-0.05, 0) is 18.4 Å². The molecule has 2 atom stereocenters. The second-order valence-corrected chi connectivity index (χ2v) is 4.42. The molecule has 1 N–H and O–H groups in total. The molecule has 0 aromatic rings. The molecule has 0 aromatic heterocycles. The maximum absolute atomic E-state index is 10.2. The molecule has 2 nitrogen and oxygen atoms in total. The van der Waals surface area contributed by atoms with Crippen molar-refractivity contribution >= 4 is 0 Å². The molecule has 0 aliphatic carbocycles. The van der Waals surface area contributed by atoms with Crippen molar-refractivity contribution < 1.29 is 9.84 Å². The van der Waals surface area contributed by atoms with Crippen LogP contribution in [0.25, 0.3) is 0 Å². The van der Waals surface area contributed by atoms with Crippen LogP contribution in [0.4, 0.5) is 0 Å². The Morgan fingerprint density at radius 2 is 2.23 bits per heavy atom. The normalized spacial score (nSPS) is 35.0. The minimum Gasteiger partial charge on any atom is -0.385 e. The molecular weight excluding hydrogens is 164 g/mol. The lowest BCUT2D eigenvalue weighted by atomic mass is 9.82. The van der Waals surface area contributed by atoms with Crippen LogP contribution < -0.4 is 0 Å². The fourth-order valence-corrected chi connectivity index (χ4v) is 1.69. The predicted molar refractivity (Wildman–Crippen MR) is 53.6 cm³/mol. The van der Waals surface area contributed by atoms with E-state index in [1.807, 2.05) is 6.92 Å². The minimum absolute atomic E-state index is 0.176. The van der Waals surface area contributed by atoms with Crippen LogP contribution >= 0.6 is 0 Å². The molecule has 13 heavy (non-hydrogen) atoms. The summed E-state index contributed by atoms with van der Waals surface area (Å²) in [5.74, 6) is 0.464. The van der Waals surface area contributed by atoms with Crippen molar-refractivity contribution in [2.75, 3.05) is 6.61 Å². The van der Waals surface area contributed by atoms with Gasteiger partial charge in [-0.2, -0.15) is 0 Å². The third kappa shape index (κ3) is 2.32. The third-order valence-electron chi connectivity index (χ3n) is 2.92. The molecule has 0 bridgehead atoms. The Hall–Kier alpha value is -0.340. The molecule has 1 saturated heterocycles. The molecule has 1 rings (SSSR count). The van der Waals surface area contributed by atoms with Gasteiger partial charge in [-0.15, -0.1) is 0 Å². The smallest absolute Gasteiger partial charge is 0.0898 e. The molecule has 0 amide bonds. The number of ether oxygens (including phenoxy) is 1. The van der Waals surface area contributed by atoms with E-state index >= 15 is 0 Å². The van der Waals surface area contributed by atoms with Crippen LogP contribution in [-0.4, -0.2) is 23.4 Å². The van der Waals surface area contributed by atoms with Crippen molar-refractivity contribution in [1.82, 2.24) is 0 Å². The second kappa shape index (κ2) is 3.81. The summed E-state index contributed by atoms with van der Waals surface area (Å²) in [5, 5.41) is 10.2. The SMILES string of the molecule is C=C(C)C1(O)CCOC(C(C)C)C1. The van der Waals surface area contributed by atoms with Gasteiger partial charge in [-0.1, -0.05) is 20.4 Å². The zero-order chi connectivity index (χ0) is 10.1. The standard InChI is InChI=1S/C11H20O2/c1-8(2)10-7-11(12,9(3)4)5-6-13-10/h8,10,12H,3,5-7H2,1-2,4H3. The van der Waals surface area contributed by atoms with Crippen LogP contribution in [-0.2, 0) is 4.74 Å². The summed E-state index contributed by atoms with van der Waals surface area (Å²) in [7, 11) is 0. The molecule has 1 fully saturated rings. The molecule has 76 valence electrons. The van der Waals surface area contributed by atoms with Crippen molar-refractivity contribution in [1.29, 1.82) is 0 Å². The van der Waals surface area contributed by atoms with Gasteiger partial charge in [-0.25, -0.2) is 0 Å². The molecule has 0 aromatic carbocycles. The summed E-state index contributed by atoms with van der Waals surface area (Å²) in [6, 6.07) is 0. The Balaban J connectivity index is 2.65. The Kier molecular flexibility index (Phi) is 3.14. The van der Waals surface area contributed by atoms with Crippen LogP contribution in [0.5, 0.6) is 0 Å². The fraction of sp³-hybridized carbons (Fsp3) is 0.818. The van der Waals surface area contributed by atoms with Crippen LogP contribution in [0.15, 0.2) is 12.2 Å². The van der Waals surface area contributed by atoms with Crippen LogP contribution in [0, 0.1) is 5.92 Å². The van der Waals surface area contributed by atoms with Gasteiger partial charge in [0, 0.05) is 12.8 Å². The molecule has 1 aliphatic heterocycles. The summed E-state index contributed by atoms with van der Waals surface area (Å²) < 4.78 is 5.58. The first-order chi connectivity index (χ1) is 5.96. The van der Waals surface area contributed by atoms with Gasteiger partial charge in [0.1, 0.15) is 0 Å². The summed E-state index contributed by atoms with van der Waals surface area (Å²) in [4.78, 5) is 0. The highest BCUT2D eigenvalue weighted by Gasteiger charge is 2.36. The third-order valence-corrected chi connectivity index (χ3v) is 2.92. The number of aliphatic hydroxyl groups is 1. The summed E-state index contributed by atoms with van der Waals surface area (Å²) in [6.45, 7) is 10.6. The number of hydrogen-bond donors (Lipinski definition) is 1. The van der Waals surface area contributed by atoms with E-state index in [9.17, 15) is 5.11 Å². The highest BCUT2D eigenvalue weighted by molar-refractivity contribution is 5.11. The number of rotatable bonds is 2. The average Bonchev–Trinajstić information content (AvgIpc) is 2.04. The maximum atomic E-state index is 10.2. The highest BCUT2D eigenvalue weighted by Crippen LogP contribution is 2.32. The first kappa shape index (κ1) is 10.7. The average molecular weight is 184 g/mol. The van der Waals surface area contributed by atoms with Crippen molar-refractivity contribution in [2.45, 2.75) is 45.3 Å². The Labute approximate surface area is 80.6 Å². The van der Waals surface area contributed by atoms with E-state index < -0.39 is 5.60 Å². The topological polar surface area (TPSA) is 29.5 Å². The summed E-state index contributed by atoms with van der Waals surface area (Å²) >= 11 is 0. The van der Waals surface area contributed by atoms with Gasteiger partial charge in [0.15, 0.2) is 0 Å². The van der Waals surface area contributed by atoms with Crippen LogP contribution in [0.1, 0.15) is 33.6 Å². The lowest BCUT2D eigenvalue weighted by Gasteiger charge is -2.39. The van der Waals surface area contributed by atoms with Crippen molar-refractivity contribution in [3.05, 3.63) is 12.2 Å². The Bertz CT molecular complexity index is 198. The van der Waals surface area contributed by atoms with E-state index in [0.717, 1.165) is 5.57 Å². The monoisotopic (exact) mass is 184 g/mol. The first-order valence-electron chi connectivity index (χ1n) is 4.95. The van der Waals surface area contributed by atoms with Gasteiger partial charge in [0.25, 0.3) is 0 Å². The quantitative estimate of drug-likeness (QED) is 0.666. The maximum Gasteiger partial charge on any atom is 0.0898 e. The van der Waals surface area contributed by atoms with Gasteiger partial charge < -0.3 is 9.84 Å². The molecule has 2 heteroatoms. The molecule has 0 saturated carbocycles. The predicted octanol–water partition coefficient (Wildman–Crippen LogP) is 2.13. The molecule has 2 unspecified atom stereocenters. The van der Waals surface area contributed by atoms with E-state index in [0.29, 0.717) is 25.4 Å². The van der Waals surface area contributed by atoms with E-state index in [-0.39, 0.29) is 6.10 Å². The molecule has 0 spiro atoms. The Morgan fingerprint density at radius 3 is 2.69 bits per heavy atom. The van der Waals surface area contributed by atoms with Crippen LogP contribution in [0.3, 0.4) is 0 Å². The van der Waals surface area contributed by atoms with E-state index in [4.69, 9.17) is 4.74 Å². The van der Waals surface area contributed by atoms with Crippen LogP contribution in [0.2, 0.25) is 0 Å². The summed E-state index contributed by atoms with van der Waals surface area (Å²) in [6.07, 6.45) is 1.56. The van der Waals surface area contributed by atoms with Gasteiger partial charge in [0.2, 0.25) is 0 Å². The molecule has 1 aliphatic rings. The fourth-order valence-electron chi connectivity index (χ4n) is 1.69. The summed E-state index contributed by atoms with van der Waals surface area (Å²) in [5.41, 5.74) is 0.175. The lowest BCUT2D eigenvalue weighted by molar-refractivity contribution is -0.0992. The highest BCUT2D eigenvalue weighted by atomic mass is 16.5. The lowest BCUT2D eigenvalue weighted by Crippen LogP contribution is -2.43. The van der Waals surface area contributed by atoms with E-state index in [1.165, 1.54) is 0 Å². The molecule has 1 heterocycles. The first-order valence-corrected chi connectivity index (χ1v) is 4.95.